The minimum atomic E-state index is 0.567. The third-order valence-electron chi connectivity index (χ3n) is 2.73. The van der Waals surface area contributed by atoms with Crippen molar-refractivity contribution in [1.82, 2.24) is 4.90 Å². The Labute approximate surface area is 91.0 Å². The number of nitrogens with zero attached hydrogens (tertiary/aromatic N) is 1. The van der Waals surface area contributed by atoms with Crippen LogP contribution < -0.4 is 0 Å². The summed E-state index contributed by atoms with van der Waals surface area (Å²) in [5.41, 5.74) is 1.17. The predicted molar refractivity (Wildman–Crippen MR) is 63.1 cm³/mol. The molecule has 0 amide bonds. The lowest BCUT2D eigenvalue weighted by Gasteiger charge is -2.31. The van der Waals surface area contributed by atoms with Gasteiger partial charge in [-0.3, -0.25) is 0 Å². The molecule has 0 aromatic heterocycles. The zero-order valence-corrected chi connectivity index (χ0v) is 9.90. The Morgan fingerprint density at radius 1 is 1.36 bits per heavy atom. The molecule has 3 heteroatoms. The molecule has 1 fully saturated rings. The summed E-state index contributed by atoms with van der Waals surface area (Å²) in [7, 11) is 2.04. The summed E-state index contributed by atoms with van der Waals surface area (Å²) in [5.74, 6) is 0.567. The highest BCUT2D eigenvalue weighted by atomic mass is 32.2. The lowest BCUT2D eigenvalue weighted by atomic mass is 9.97. The van der Waals surface area contributed by atoms with E-state index in [-0.39, 0.29) is 0 Å². The molecule has 0 spiro atoms. The standard InChI is InChI=1S/C11H19NOS/c1-9(12(3)10(2)14-4)11-5-7-13-8-6-11/h11H,1-2,5-8H2,3-4H3. The summed E-state index contributed by atoms with van der Waals surface area (Å²) in [5, 5.41) is 1.06. The number of ether oxygens (including phenoxy) is 1. The zero-order chi connectivity index (χ0) is 10.6. The molecular weight excluding hydrogens is 194 g/mol. The van der Waals surface area contributed by atoms with Gasteiger partial charge >= 0.3 is 0 Å². The first-order chi connectivity index (χ1) is 6.66. The predicted octanol–water partition coefficient (Wildman–Crippen LogP) is 2.69. The number of hydrogen-bond acceptors (Lipinski definition) is 3. The minimum Gasteiger partial charge on any atom is -0.381 e. The third-order valence-corrected chi connectivity index (χ3v) is 3.48. The van der Waals surface area contributed by atoms with Gasteiger partial charge in [-0.2, -0.15) is 0 Å². The van der Waals surface area contributed by atoms with E-state index in [9.17, 15) is 0 Å². The summed E-state index contributed by atoms with van der Waals surface area (Å²) in [6, 6.07) is 0. The zero-order valence-electron chi connectivity index (χ0n) is 9.08. The lowest BCUT2D eigenvalue weighted by molar-refractivity contribution is 0.0708. The van der Waals surface area contributed by atoms with Crippen LogP contribution in [0.1, 0.15) is 12.8 Å². The van der Waals surface area contributed by atoms with Gasteiger partial charge in [-0.05, 0) is 19.1 Å². The fourth-order valence-electron chi connectivity index (χ4n) is 1.60. The summed E-state index contributed by atoms with van der Waals surface area (Å²) in [4.78, 5) is 2.10. The minimum absolute atomic E-state index is 0.567. The van der Waals surface area contributed by atoms with Gasteiger partial charge in [-0.15, -0.1) is 11.8 Å². The van der Waals surface area contributed by atoms with E-state index in [0.29, 0.717) is 5.92 Å². The van der Waals surface area contributed by atoms with Crippen molar-refractivity contribution in [3.05, 3.63) is 23.9 Å². The van der Waals surface area contributed by atoms with Gasteiger partial charge in [0, 0.05) is 31.9 Å². The van der Waals surface area contributed by atoms with E-state index in [1.54, 1.807) is 11.8 Å². The van der Waals surface area contributed by atoms with Crippen LogP contribution in [-0.4, -0.2) is 31.4 Å². The summed E-state index contributed by atoms with van der Waals surface area (Å²) in [6.07, 6.45) is 4.21. The lowest BCUT2D eigenvalue weighted by Crippen LogP contribution is -2.25. The second kappa shape index (κ2) is 5.47. The Bertz CT molecular complexity index is 221. The van der Waals surface area contributed by atoms with Gasteiger partial charge in [0.2, 0.25) is 0 Å². The molecule has 1 aliphatic heterocycles. The van der Waals surface area contributed by atoms with Crippen molar-refractivity contribution in [3.8, 4) is 0 Å². The number of hydrogen-bond donors (Lipinski definition) is 0. The quantitative estimate of drug-likeness (QED) is 0.712. The van der Waals surface area contributed by atoms with Crippen molar-refractivity contribution in [2.45, 2.75) is 12.8 Å². The molecule has 0 bridgehead atoms. The first kappa shape index (κ1) is 11.7. The van der Waals surface area contributed by atoms with E-state index in [1.807, 2.05) is 13.3 Å². The molecule has 0 aromatic rings. The van der Waals surface area contributed by atoms with Crippen LogP contribution in [0, 0.1) is 5.92 Å². The molecule has 1 heterocycles. The largest absolute Gasteiger partial charge is 0.381 e. The van der Waals surface area contributed by atoms with Crippen molar-refractivity contribution in [3.63, 3.8) is 0 Å². The summed E-state index contributed by atoms with van der Waals surface area (Å²) in [6.45, 7) is 9.86. The Morgan fingerprint density at radius 2 is 1.93 bits per heavy atom. The molecule has 0 N–H and O–H groups in total. The molecule has 80 valence electrons. The first-order valence-electron chi connectivity index (χ1n) is 4.90. The van der Waals surface area contributed by atoms with Crippen molar-refractivity contribution in [2.75, 3.05) is 26.5 Å². The summed E-state index contributed by atoms with van der Waals surface area (Å²) < 4.78 is 5.33. The molecule has 0 radical (unpaired) electrons. The topological polar surface area (TPSA) is 12.5 Å². The van der Waals surface area contributed by atoms with E-state index in [4.69, 9.17) is 4.74 Å². The van der Waals surface area contributed by atoms with Crippen molar-refractivity contribution >= 4 is 11.8 Å². The van der Waals surface area contributed by atoms with Crippen molar-refractivity contribution in [2.24, 2.45) is 5.92 Å². The Balaban J connectivity index is 2.50. The van der Waals surface area contributed by atoms with Crippen LogP contribution in [0.15, 0.2) is 23.9 Å². The molecule has 0 aromatic carbocycles. The maximum Gasteiger partial charge on any atom is 0.0670 e. The number of allylic oxidation sites excluding steroid dienone is 1. The summed E-state index contributed by atoms with van der Waals surface area (Å²) >= 11 is 1.66. The first-order valence-corrected chi connectivity index (χ1v) is 6.12. The molecule has 0 aliphatic carbocycles. The van der Waals surface area contributed by atoms with Crippen LogP contribution in [-0.2, 0) is 4.74 Å². The highest BCUT2D eigenvalue weighted by molar-refractivity contribution is 8.02. The van der Waals surface area contributed by atoms with Gasteiger partial charge in [-0.25, -0.2) is 0 Å². The SMILES string of the molecule is C=C(SC)N(C)C(=C)C1CCOCC1. The molecule has 0 unspecified atom stereocenters. The second-order valence-electron chi connectivity index (χ2n) is 3.53. The van der Waals surface area contributed by atoms with E-state index < -0.39 is 0 Å². The second-order valence-corrected chi connectivity index (χ2v) is 4.41. The van der Waals surface area contributed by atoms with E-state index >= 15 is 0 Å². The average Bonchev–Trinajstić information content (AvgIpc) is 2.27. The molecular formula is C11H19NOS. The van der Waals surface area contributed by atoms with Gasteiger partial charge in [0.25, 0.3) is 0 Å². The normalized spacial score (nSPS) is 17.9. The smallest absolute Gasteiger partial charge is 0.0670 e. The van der Waals surface area contributed by atoms with Crippen LogP contribution in [0.5, 0.6) is 0 Å². The Hall–Kier alpha value is -0.410. The monoisotopic (exact) mass is 213 g/mol. The van der Waals surface area contributed by atoms with Gasteiger partial charge in [0.1, 0.15) is 0 Å². The van der Waals surface area contributed by atoms with Crippen LogP contribution in [0.3, 0.4) is 0 Å². The van der Waals surface area contributed by atoms with Gasteiger partial charge < -0.3 is 9.64 Å². The number of thioether (sulfide) groups is 1. The van der Waals surface area contributed by atoms with Crippen LogP contribution in [0.25, 0.3) is 0 Å². The van der Waals surface area contributed by atoms with Gasteiger partial charge in [0.05, 0.1) is 5.03 Å². The maximum atomic E-state index is 5.33. The molecule has 1 aliphatic rings. The molecule has 0 saturated carbocycles. The Morgan fingerprint density at radius 3 is 2.43 bits per heavy atom. The fraction of sp³-hybridized carbons (Fsp3) is 0.636. The molecule has 14 heavy (non-hydrogen) atoms. The molecule has 1 rings (SSSR count). The van der Waals surface area contributed by atoms with E-state index in [0.717, 1.165) is 31.1 Å². The molecule has 2 nitrogen and oxygen atoms in total. The van der Waals surface area contributed by atoms with Gasteiger partial charge in [0.15, 0.2) is 0 Å². The van der Waals surface area contributed by atoms with Gasteiger partial charge in [-0.1, -0.05) is 13.2 Å². The van der Waals surface area contributed by atoms with Crippen molar-refractivity contribution < 1.29 is 4.74 Å². The van der Waals surface area contributed by atoms with Crippen molar-refractivity contribution in [1.29, 1.82) is 0 Å². The highest BCUT2D eigenvalue weighted by Crippen LogP contribution is 2.28. The van der Waals surface area contributed by atoms with Crippen LogP contribution >= 0.6 is 11.8 Å². The average molecular weight is 213 g/mol. The molecule has 0 atom stereocenters. The van der Waals surface area contributed by atoms with E-state index in [1.165, 1.54) is 5.70 Å². The fourth-order valence-corrected chi connectivity index (χ4v) is 1.99. The van der Waals surface area contributed by atoms with E-state index in [2.05, 4.69) is 18.1 Å². The van der Waals surface area contributed by atoms with Crippen LogP contribution in [0.4, 0.5) is 0 Å². The molecule has 1 saturated heterocycles. The number of rotatable bonds is 4. The maximum absolute atomic E-state index is 5.33. The Kier molecular flexibility index (Phi) is 4.55. The third kappa shape index (κ3) is 2.79. The van der Waals surface area contributed by atoms with Crippen LogP contribution in [0.2, 0.25) is 0 Å². The highest BCUT2D eigenvalue weighted by Gasteiger charge is 2.20.